The van der Waals surface area contributed by atoms with Crippen LogP contribution in [0.2, 0.25) is 0 Å². The SMILES string of the molecule is CCCSCCCNC(=O)CN1C(=O)CSc2ncccc21. The molecule has 0 saturated carbocycles. The van der Waals surface area contributed by atoms with Crippen molar-refractivity contribution in [1.29, 1.82) is 0 Å². The first-order valence-electron chi connectivity index (χ1n) is 7.45. The molecule has 0 atom stereocenters. The first-order chi connectivity index (χ1) is 10.7. The second kappa shape index (κ2) is 9.05. The van der Waals surface area contributed by atoms with E-state index in [4.69, 9.17) is 0 Å². The van der Waals surface area contributed by atoms with Crippen LogP contribution in [0.1, 0.15) is 19.8 Å². The average molecular weight is 339 g/mol. The first-order valence-corrected chi connectivity index (χ1v) is 9.59. The zero-order chi connectivity index (χ0) is 15.8. The van der Waals surface area contributed by atoms with Gasteiger partial charge in [-0.2, -0.15) is 11.8 Å². The van der Waals surface area contributed by atoms with E-state index in [-0.39, 0.29) is 18.4 Å². The highest BCUT2D eigenvalue weighted by Crippen LogP contribution is 2.32. The Morgan fingerprint density at radius 3 is 3.18 bits per heavy atom. The third-order valence-corrected chi connectivity index (χ3v) is 5.37. The van der Waals surface area contributed by atoms with Crippen molar-refractivity contribution in [2.24, 2.45) is 0 Å². The van der Waals surface area contributed by atoms with Gasteiger partial charge in [0.2, 0.25) is 11.8 Å². The van der Waals surface area contributed by atoms with Gasteiger partial charge in [0.1, 0.15) is 11.6 Å². The van der Waals surface area contributed by atoms with Crippen LogP contribution in [0, 0.1) is 0 Å². The van der Waals surface area contributed by atoms with Crippen LogP contribution in [0.25, 0.3) is 0 Å². The lowest BCUT2D eigenvalue weighted by Crippen LogP contribution is -2.43. The fourth-order valence-corrected chi connectivity index (χ4v) is 3.78. The van der Waals surface area contributed by atoms with Crippen LogP contribution in [0.3, 0.4) is 0 Å². The van der Waals surface area contributed by atoms with Crippen LogP contribution in [0.5, 0.6) is 0 Å². The second-order valence-corrected chi connectivity index (χ2v) is 7.10. The molecule has 1 aliphatic heterocycles. The molecule has 0 radical (unpaired) electrons. The summed E-state index contributed by atoms with van der Waals surface area (Å²) < 4.78 is 0. The van der Waals surface area contributed by atoms with Gasteiger partial charge in [-0.15, -0.1) is 0 Å². The number of fused-ring (bicyclic) bond motifs is 1. The van der Waals surface area contributed by atoms with Crippen LogP contribution in [-0.4, -0.2) is 47.1 Å². The predicted molar refractivity (Wildman–Crippen MR) is 92.6 cm³/mol. The highest BCUT2D eigenvalue weighted by molar-refractivity contribution is 8.00. The molecule has 1 aromatic rings. The molecular formula is C15H21N3O2S2. The largest absolute Gasteiger partial charge is 0.355 e. The fraction of sp³-hybridized carbons (Fsp3) is 0.533. The molecule has 1 aromatic heterocycles. The average Bonchev–Trinajstić information content (AvgIpc) is 2.53. The Labute approximate surface area is 139 Å². The van der Waals surface area contributed by atoms with Crippen molar-refractivity contribution in [3.8, 4) is 0 Å². The summed E-state index contributed by atoms with van der Waals surface area (Å²) in [5.74, 6) is 2.40. The number of rotatable bonds is 8. The van der Waals surface area contributed by atoms with E-state index in [0.717, 1.165) is 28.6 Å². The molecule has 22 heavy (non-hydrogen) atoms. The van der Waals surface area contributed by atoms with Gasteiger partial charge < -0.3 is 5.32 Å². The Hall–Kier alpha value is -1.21. The van der Waals surface area contributed by atoms with E-state index in [1.807, 2.05) is 17.8 Å². The standard InChI is InChI=1S/C15H21N3O2S2/c1-2-8-21-9-4-7-16-13(19)10-18-12-5-3-6-17-15(12)22-11-14(18)20/h3,5-6H,2,4,7-11H2,1H3,(H,16,19). The van der Waals surface area contributed by atoms with Crippen molar-refractivity contribution in [1.82, 2.24) is 10.3 Å². The van der Waals surface area contributed by atoms with Crippen LogP contribution >= 0.6 is 23.5 Å². The van der Waals surface area contributed by atoms with E-state index < -0.39 is 0 Å². The van der Waals surface area contributed by atoms with Gasteiger partial charge in [-0.3, -0.25) is 14.5 Å². The van der Waals surface area contributed by atoms with E-state index >= 15 is 0 Å². The van der Waals surface area contributed by atoms with Gasteiger partial charge in [-0.05, 0) is 36.5 Å². The smallest absolute Gasteiger partial charge is 0.240 e. The van der Waals surface area contributed by atoms with Crippen molar-refractivity contribution >= 4 is 41.0 Å². The summed E-state index contributed by atoms with van der Waals surface area (Å²) in [5, 5.41) is 3.70. The highest BCUT2D eigenvalue weighted by atomic mass is 32.2. The van der Waals surface area contributed by atoms with Gasteiger partial charge in [0.05, 0.1) is 11.4 Å². The highest BCUT2D eigenvalue weighted by Gasteiger charge is 2.26. The van der Waals surface area contributed by atoms with Crippen LogP contribution in [0.4, 0.5) is 5.69 Å². The van der Waals surface area contributed by atoms with Crippen LogP contribution < -0.4 is 10.2 Å². The third kappa shape index (κ3) is 4.91. The van der Waals surface area contributed by atoms with Gasteiger partial charge >= 0.3 is 0 Å². The van der Waals surface area contributed by atoms with E-state index in [2.05, 4.69) is 17.2 Å². The molecule has 1 N–H and O–H groups in total. The van der Waals surface area contributed by atoms with Crippen molar-refractivity contribution in [2.75, 3.05) is 35.2 Å². The minimum absolute atomic E-state index is 0.0425. The Kier molecular flexibility index (Phi) is 7.05. The zero-order valence-corrected chi connectivity index (χ0v) is 14.3. The molecule has 120 valence electrons. The molecule has 1 aliphatic rings. The van der Waals surface area contributed by atoms with Gasteiger partial charge in [0.15, 0.2) is 0 Å². The summed E-state index contributed by atoms with van der Waals surface area (Å²) in [6.07, 6.45) is 3.84. The zero-order valence-electron chi connectivity index (χ0n) is 12.7. The lowest BCUT2D eigenvalue weighted by atomic mass is 10.3. The monoisotopic (exact) mass is 339 g/mol. The number of nitrogens with one attached hydrogen (secondary N) is 1. The quantitative estimate of drug-likeness (QED) is 0.736. The molecule has 0 bridgehead atoms. The summed E-state index contributed by atoms with van der Waals surface area (Å²) >= 11 is 3.32. The summed E-state index contributed by atoms with van der Waals surface area (Å²) in [5.41, 5.74) is 0.734. The molecule has 2 amide bonds. The number of carbonyl (C=O) groups is 2. The molecule has 0 spiro atoms. The summed E-state index contributed by atoms with van der Waals surface area (Å²) in [7, 11) is 0. The number of hydrogen-bond donors (Lipinski definition) is 1. The molecule has 2 rings (SSSR count). The molecule has 0 aliphatic carbocycles. The Morgan fingerprint density at radius 2 is 2.36 bits per heavy atom. The Balaban J connectivity index is 1.80. The predicted octanol–water partition coefficient (Wildman–Crippen LogP) is 2.17. The minimum atomic E-state index is -0.115. The molecule has 0 aromatic carbocycles. The maximum Gasteiger partial charge on any atom is 0.240 e. The maximum absolute atomic E-state index is 12.0. The normalized spacial score (nSPS) is 13.9. The number of anilines is 1. The number of aromatic nitrogens is 1. The fourth-order valence-electron chi connectivity index (χ4n) is 2.06. The number of nitrogens with zero attached hydrogens (tertiary/aromatic N) is 2. The molecule has 0 unspecified atom stereocenters. The molecule has 7 heteroatoms. The van der Waals surface area contributed by atoms with Crippen molar-refractivity contribution in [3.63, 3.8) is 0 Å². The molecule has 5 nitrogen and oxygen atoms in total. The summed E-state index contributed by atoms with van der Waals surface area (Å²) in [6.45, 7) is 2.89. The molecule has 0 fully saturated rings. The number of carbonyl (C=O) groups excluding carboxylic acids is 2. The van der Waals surface area contributed by atoms with Gasteiger partial charge in [0.25, 0.3) is 0 Å². The first kappa shape index (κ1) is 17.1. The Bertz CT molecular complexity index is 525. The van der Waals surface area contributed by atoms with Gasteiger partial charge in [-0.1, -0.05) is 18.7 Å². The van der Waals surface area contributed by atoms with Gasteiger partial charge in [0, 0.05) is 12.7 Å². The lowest BCUT2D eigenvalue weighted by molar-refractivity contribution is -0.122. The number of hydrogen-bond acceptors (Lipinski definition) is 5. The molecular weight excluding hydrogens is 318 g/mol. The summed E-state index contributed by atoms with van der Waals surface area (Å²) in [6, 6.07) is 3.62. The number of thioether (sulfide) groups is 2. The third-order valence-electron chi connectivity index (χ3n) is 3.11. The van der Waals surface area contributed by atoms with E-state index in [0.29, 0.717) is 12.3 Å². The molecule has 0 saturated heterocycles. The van der Waals surface area contributed by atoms with Crippen molar-refractivity contribution < 1.29 is 9.59 Å². The van der Waals surface area contributed by atoms with E-state index in [1.165, 1.54) is 23.1 Å². The summed E-state index contributed by atoms with van der Waals surface area (Å²) in [4.78, 5) is 29.8. The second-order valence-electron chi connectivity index (χ2n) is 4.91. The van der Waals surface area contributed by atoms with E-state index in [1.54, 1.807) is 12.3 Å². The minimum Gasteiger partial charge on any atom is -0.355 e. The molecule has 2 heterocycles. The van der Waals surface area contributed by atoms with Crippen molar-refractivity contribution in [2.45, 2.75) is 24.8 Å². The topological polar surface area (TPSA) is 62.3 Å². The Morgan fingerprint density at radius 1 is 1.50 bits per heavy atom. The van der Waals surface area contributed by atoms with Gasteiger partial charge in [-0.25, -0.2) is 4.98 Å². The maximum atomic E-state index is 12.0. The lowest BCUT2D eigenvalue weighted by Gasteiger charge is -2.27. The van der Waals surface area contributed by atoms with E-state index in [9.17, 15) is 9.59 Å². The van der Waals surface area contributed by atoms with Crippen LogP contribution in [-0.2, 0) is 9.59 Å². The number of pyridine rings is 1. The number of amides is 2. The van der Waals surface area contributed by atoms with Crippen LogP contribution in [0.15, 0.2) is 23.4 Å². The van der Waals surface area contributed by atoms with Crippen molar-refractivity contribution in [3.05, 3.63) is 18.3 Å².